The Morgan fingerprint density at radius 2 is 1.81 bits per heavy atom. The number of pyridine rings is 1. The van der Waals surface area contributed by atoms with Gasteiger partial charge in [0.25, 0.3) is 0 Å². The normalized spacial score (nSPS) is 11.4. The summed E-state index contributed by atoms with van der Waals surface area (Å²) in [5.74, 6) is 0.831. The first-order chi connectivity index (χ1) is 13.2. The second-order valence-electron chi connectivity index (χ2n) is 6.50. The highest BCUT2D eigenvalue weighted by Crippen LogP contribution is 2.24. The molecule has 2 heterocycles. The van der Waals surface area contributed by atoms with Crippen LogP contribution in [0, 0.1) is 13.8 Å². The first kappa shape index (κ1) is 17.0. The highest BCUT2D eigenvalue weighted by atomic mass is 16.5. The standard InChI is InChI=1S/C23H21N3O/c1-16-13-19(15-25-20-6-9-22(27-3)10-7-20)17(2)26(16)21-8-11-23-18(14-21)5-4-12-24-23/h4-15H,1-3H3. The van der Waals surface area contributed by atoms with Gasteiger partial charge in [-0.15, -0.1) is 0 Å². The molecule has 0 bridgehead atoms. The van der Waals surface area contributed by atoms with Gasteiger partial charge in [-0.1, -0.05) is 6.07 Å². The van der Waals surface area contributed by atoms with Gasteiger partial charge in [0.2, 0.25) is 0 Å². The fourth-order valence-electron chi connectivity index (χ4n) is 3.33. The van der Waals surface area contributed by atoms with Gasteiger partial charge < -0.3 is 9.30 Å². The number of aliphatic imine (C=N–C) groups is 1. The maximum absolute atomic E-state index is 5.19. The van der Waals surface area contributed by atoms with E-state index < -0.39 is 0 Å². The van der Waals surface area contributed by atoms with Crippen molar-refractivity contribution in [3.05, 3.63) is 83.8 Å². The van der Waals surface area contributed by atoms with Crippen LogP contribution in [-0.2, 0) is 0 Å². The zero-order chi connectivity index (χ0) is 18.8. The van der Waals surface area contributed by atoms with Crippen LogP contribution in [0.3, 0.4) is 0 Å². The monoisotopic (exact) mass is 355 g/mol. The van der Waals surface area contributed by atoms with Crippen LogP contribution < -0.4 is 4.74 Å². The molecule has 0 aliphatic rings. The third kappa shape index (κ3) is 3.34. The molecular formula is C23H21N3O. The lowest BCUT2D eigenvalue weighted by molar-refractivity contribution is 0.415. The number of aromatic nitrogens is 2. The van der Waals surface area contributed by atoms with E-state index in [2.05, 4.69) is 58.7 Å². The zero-order valence-corrected chi connectivity index (χ0v) is 15.7. The van der Waals surface area contributed by atoms with E-state index in [9.17, 15) is 0 Å². The summed E-state index contributed by atoms with van der Waals surface area (Å²) >= 11 is 0. The van der Waals surface area contributed by atoms with E-state index in [1.807, 2.05) is 42.7 Å². The number of nitrogens with zero attached hydrogens (tertiary/aromatic N) is 3. The summed E-state index contributed by atoms with van der Waals surface area (Å²) in [6, 6.07) is 20.3. The van der Waals surface area contributed by atoms with E-state index in [1.165, 1.54) is 5.69 Å². The fourth-order valence-corrected chi connectivity index (χ4v) is 3.33. The molecule has 0 atom stereocenters. The molecular weight excluding hydrogens is 334 g/mol. The van der Waals surface area contributed by atoms with E-state index in [1.54, 1.807) is 7.11 Å². The lowest BCUT2D eigenvalue weighted by Gasteiger charge is -2.10. The third-order valence-corrected chi connectivity index (χ3v) is 4.74. The Morgan fingerprint density at radius 1 is 1.00 bits per heavy atom. The van der Waals surface area contributed by atoms with Crippen LogP contribution in [0.4, 0.5) is 5.69 Å². The van der Waals surface area contributed by atoms with E-state index in [-0.39, 0.29) is 0 Å². The summed E-state index contributed by atoms with van der Waals surface area (Å²) in [4.78, 5) is 9.01. The molecule has 4 rings (SSSR count). The van der Waals surface area contributed by atoms with Crippen LogP contribution in [0.2, 0.25) is 0 Å². The fraction of sp³-hybridized carbons (Fsp3) is 0.130. The largest absolute Gasteiger partial charge is 0.497 e. The molecule has 4 aromatic rings. The molecule has 2 aromatic heterocycles. The Labute approximate surface area is 158 Å². The highest BCUT2D eigenvalue weighted by Gasteiger charge is 2.10. The van der Waals surface area contributed by atoms with Crippen LogP contribution in [0.1, 0.15) is 17.0 Å². The van der Waals surface area contributed by atoms with Crippen LogP contribution in [-0.4, -0.2) is 22.9 Å². The van der Waals surface area contributed by atoms with Crippen molar-refractivity contribution in [3.8, 4) is 11.4 Å². The predicted molar refractivity (Wildman–Crippen MR) is 111 cm³/mol. The number of rotatable bonds is 4. The quantitative estimate of drug-likeness (QED) is 0.460. The minimum Gasteiger partial charge on any atom is -0.497 e. The number of hydrogen-bond acceptors (Lipinski definition) is 3. The molecule has 0 unspecified atom stereocenters. The maximum Gasteiger partial charge on any atom is 0.119 e. The van der Waals surface area contributed by atoms with E-state index in [0.29, 0.717) is 0 Å². The van der Waals surface area contributed by atoms with Crippen molar-refractivity contribution in [1.82, 2.24) is 9.55 Å². The zero-order valence-electron chi connectivity index (χ0n) is 15.7. The summed E-state index contributed by atoms with van der Waals surface area (Å²) < 4.78 is 7.44. The van der Waals surface area contributed by atoms with E-state index in [4.69, 9.17) is 4.74 Å². The molecule has 0 aliphatic heterocycles. The van der Waals surface area contributed by atoms with Crippen molar-refractivity contribution in [2.75, 3.05) is 7.11 Å². The van der Waals surface area contributed by atoms with Gasteiger partial charge in [-0.05, 0) is 68.4 Å². The Kier molecular flexibility index (Phi) is 4.47. The molecule has 0 spiro atoms. The molecule has 0 amide bonds. The number of hydrogen-bond donors (Lipinski definition) is 0. The third-order valence-electron chi connectivity index (χ3n) is 4.74. The van der Waals surface area contributed by atoms with Crippen molar-refractivity contribution < 1.29 is 4.74 Å². The van der Waals surface area contributed by atoms with Gasteiger partial charge in [0.1, 0.15) is 5.75 Å². The number of benzene rings is 2. The van der Waals surface area contributed by atoms with Crippen LogP contribution in [0.5, 0.6) is 5.75 Å². The summed E-state index contributed by atoms with van der Waals surface area (Å²) in [5, 5.41) is 1.14. The Bertz CT molecular complexity index is 1120. The SMILES string of the molecule is COc1ccc(N=Cc2cc(C)n(-c3ccc4ncccc4c3)c2C)cc1. The van der Waals surface area contributed by atoms with Gasteiger partial charge >= 0.3 is 0 Å². The van der Waals surface area contributed by atoms with Gasteiger partial charge in [-0.3, -0.25) is 9.98 Å². The minimum absolute atomic E-state index is 0.831. The number of ether oxygens (including phenoxy) is 1. The first-order valence-corrected chi connectivity index (χ1v) is 8.88. The van der Waals surface area contributed by atoms with Crippen molar-refractivity contribution in [2.24, 2.45) is 4.99 Å². The van der Waals surface area contributed by atoms with Gasteiger partial charge in [0.15, 0.2) is 0 Å². The smallest absolute Gasteiger partial charge is 0.119 e. The van der Waals surface area contributed by atoms with Gasteiger partial charge in [0, 0.05) is 40.4 Å². The number of fused-ring (bicyclic) bond motifs is 1. The lowest BCUT2D eigenvalue weighted by atomic mass is 10.2. The molecule has 0 N–H and O–H groups in total. The molecule has 4 nitrogen and oxygen atoms in total. The minimum atomic E-state index is 0.831. The predicted octanol–water partition coefficient (Wildman–Crippen LogP) is 5.40. The van der Waals surface area contributed by atoms with Crippen LogP contribution in [0.25, 0.3) is 16.6 Å². The summed E-state index contributed by atoms with van der Waals surface area (Å²) in [6.07, 6.45) is 3.74. The Morgan fingerprint density at radius 3 is 2.59 bits per heavy atom. The van der Waals surface area contributed by atoms with Crippen molar-refractivity contribution >= 4 is 22.8 Å². The lowest BCUT2D eigenvalue weighted by Crippen LogP contribution is -1.99. The van der Waals surface area contributed by atoms with Crippen LogP contribution in [0.15, 0.2) is 71.9 Å². The maximum atomic E-state index is 5.19. The first-order valence-electron chi connectivity index (χ1n) is 8.88. The molecule has 0 aliphatic carbocycles. The molecule has 0 saturated carbocycles. The second-order valence-corrected chi connectivity index (χ2v) is 6.50. The molecule has 4 heteroatoms. The Hall–Kier alpha value is -3.40. The van der Waals surface area contributed by atoms with Crippen molar-refractivity contribution in [1.29, 1.82) is 0 Å². The van der Waals surface area contributed by atoms with E-state index in [0.717, 1.165) is 39.3 Å². The van der Waals surface area contributed by atoms with E-state index >= 15 is 0 Å². The van der Waals surface area contributed by atoms with Gasteiger partial charge in [-0.2, -0.15) is 0 Å². The van der Waals surface area contributed by atoms with Crippen LogP contribution >= 0.6 is 0 Å². The number of aryl methyl sites for hydroxylation is 1. The van der Waals surface area contributed by atoms with Crippen molar-refractivity contribution in [2.45, 2.75) is 13.8 Å². The summed E-state index contributed by atoms with van der Waals surface area (Å²) in [7, 11) is 1.66. The van der Waals surface area contributed by atoms with Gasteiger partial charge in [0.05, 0.1) is 18.3 Å². The molecule has 27 heavy (non-hydrogen) atoms. The molecule has 134 valence electrons. The average molecular weight is 355 g/mol. The number of methoxy groups -OCH3 is 1. The molecule has 0 fully saturated rings. The van der Waals surface area contributed by atoms with Crippen molar-refractivity contribution in [3.63, 3.8) is 0 Å². The topological polar surface area (TPSA) is 39.4 Å². The second kappa shape index (κ2) is 7.08. The van der Waals surface area contributed by atoms with Gasteiger partial charge in [-0.25, -0.2) is 0 Å². The molecule has 0 saturated heterocycles. The summed E-state index contributed by atoms with van der Waals surface area (Å²) in [5.41, 5.74) is 6.48. The Balaban J connectivity index is 1.69. The molecule has 0 radical (unpaired) electrons. The highest BCUT2D eigenvalue weighted by molar-refractivity contribution is 5.85. The molecule has 2 aromatic carbocycles. The summed E-state index contributed by atoms with van der Waals surface area (Å²) in [6.45, 7) is 4.24. The average Bonchev–Trinajstić information content (AvgIpc) is 2.99.